The van der Waals surface area contributed by atoms with Crippen LogP contribution in [-0.2, 0) is 11.2 Å². The fourth-order valence-electron chi connectivity index (χ4n) is 5.51. The fraction of sp³-hybridized carbons (Fsp3) is 0.385. The maximum Gasteiger partial charge on any atom is 0.137 e. The summed E-state index contributed by atoms with van der Waals surface area (Å²) in [5, 5.41) is 1.65. The first kappa shape index (κ1) is 19.7. The number of carbonyl (C=O) groups is 1. The molecule has 0 radical (unpaired) electrons. The van der Waals surface area contributed by atoms with Crippen molar-refractivity contribution in [2.75, 3.05) is 0 Å². The summed E-state index contributed by atoms with van der Waals surface area (Å²) in [5.41, 5.74) is 3.50. The second-order valence-electron chi connectivity index (χ2n) is 9.15. The molecule has 1 unspecified atom stereocenters. The minimum atomic E-state index is -0.203. The van der Waals surface area contributed by atoms with Gasteiger partial charge in [-0.2, -0.15) is 0 Å². The molecule has 0 amide bonds. The Bertz CT molecular complexity index is 1090. The van der Waals surface area contributed by atoms with Gasteiger partial charge in [-0.05, 0) is 96.9 Å². The Balaban J connectivity index is 1.20. The molecule has 2 saturated carbocycles. The number of halogens is 2. The fourth-order valence-corrected chi connectivity index (χ4v) is 5.64. The highest BCUT2D eigenvalue weighted by atomic mass is 35.5. The van der Waals surface area contributed by atoms with Gasteiger partial charge in [-0.25, -0.2) is 4.39 Å². The molecule has 0 saturated heterocycles. The summed E-state index contributed by atoms with van der Waals surface area (Å²) in [4.78, 5) is 17.0. The molecule has 1 aromatic heterocycles. The number of pyridine rings is 1. The smallest absolute Gasteiger partial charge is 0.137 e. The lowest BCUT2D eigenvalue weighted by molar-refractivity contribution is -0.119. The van der Waals surface area contributed by atoms with Crippen molar-refractivity contribution in [1.82, 2.24) is 4.98 Å². The van der Waals surface area contributed by atoms with E-state index in [0.29, 0.717) is 40.9 Å². The quantitative estimate of drug-likeness (QED) is 0.448. The number of Topliss-reactive ketones (excluding diaryl/α,β-unsaturated/α-hetero) is 1. The van der Waals surface area contributed by atoms with Gasteiger partial charge in [0.25, 0.3) is 0 Å². The van der Waals surface area contributed by atoms with Crippen LogP contribution in [0.3, 0.4) is 0 Å². The summed E-state index contributed by atoms with van der Waals surface area (Å²) in [6.45, 7) is 0. The summed E-state index contributed by atoms with van der Waals surface area (Å²) in [6.07, 6.45) is 8.76. The molecule has 3 aromatic rings. The molecule has 154 valence electrons. The number of aromatic nitrogens is 1. The van der Waals surface area contributed by atoms with Crippen molar-refractivity contribution >= 4 is 28.3 Å². The van der Waals surface area contributed by atoms with Crippen LogP contribution < -0.4 is 0 Å². The Morgan fingerprint density at radius 2 is 1.87 bits per heavy atom. The van der Waals surface area contributed by atoms with Crippen LogP contribution in [0.25, 0.3) is 10.9 Å². The van der Waals surface area contributed by atoms with Gasteiger partial charge < -0.3 is 0 Å². The maximum absolute atomic E-state index is 13.8. The minimum Gasteiger partial charge on any atom is -0.299 e. The number of hydrogen-bond acceptors (Lipinski definition) is 2. The Kier molecular flexibility index (Phi) is 5.10. The number of hydrogen-bond donors (Lipinski definition) is 0. The normalized spacial score (nSPS) is 25.5. The lowest BCUT2D eigenvalue weighted by Crippen LogP contribution is -2.17. The van der Waals surface area contributed by atoms with Crippen LogP contribution in [0.15, 0.2) is 54.7 Å². The maximum atomic E-state index is 13.8. The van der Waals surface area contributed by atoms with E-state index in [-0.39, 0.29) is 5.82 Å². The van der Waals surface area contributed by atoms with Crippen LogP contribution in [0.1, 0.15) is 55.6 Å². The van der Waals surface area contributed by atoms with Crippen molar-refractivity contribution in [3.63, 3.8) is 0 Å². The van der Waals surface area contributed by atoms with Crippen molar-refractivity contribution in [1.29, 1.82) is 0 Å². The van der Waals surface area contributed by atoms with Gasteiger partial charge in [-0.15, -0.1) is 0 Å². The first-order valence-electron chi connectivity index (χ1n) is 10.8. The second-order valence-corrected chi connectivity index (χ2v) is 9.58. The molecule has 0 N–H and O–H groups in total. The van der Waals surface area contributed by atoms with E-state index in [1.165, 1.54) is 18.1 Å². The first-order valence-corrected chi connectivity index (χ1v) is 11.2. The van der Waals surface area contributed by atoms with Crippen LogP contribution in [0, 0.1) is 17.2 Å². The standard InChI is InChI=1S/C26H25ClFNO/c27-20-3-1-17(2-4-20)13-22(30)14-19-16-26(19)10-7-18(8-11-26)23-9-12-29-25-6-5-21(28)15-24(23)25/h1-6,9,12,15,18-19H,7-8,10-11,13-14,16H2. The third-order valence-corrected chi connectivity index (χ3v) is 7.56. The predicted molar refractivity (Wildman–Crippen MR) is 118 cm³/mol. The molecule has 2 aromatic carbocycles. The molecule has 4 heteroatoms. The highest BCUT2D eigenvalue weighted by Gasteiger charge is 2.55. The summed E-state index contributed by atoms with van der Waals surface area (Å²) in [7, 11) is 0. The van der Waals surface area contributed by atoms with Crippen molar-refractivity contribution in [2.45, 2.75) is 50.9 Å². The van der Waals surface area contributed by atoms with Gasteiger partial charge in [0.2, 0.25) is 0 Å². The molecule has 1 spiro atoms. The summed E-state index contributed by atoms with van der Waals surface area (Å²) in [6, 6.07) is 14.5. The van der Waals surface area contributed by atoms with Gasteiger partial charge in [-0.3, -0.25) is 9.78 Å². The average molecular weight is 422 g/mol. The number of carbonyl (C=O) groups excluding carboxylic acids is 1. The number of rotatable bonds is 5. The van der Waals surface area contributed by atoms with E-state index >= 15 is 0 Å². The molecular weight excluding hydrogens is 397 g/mol. The highest BCUT2D eigenvalue weighted by molar-refractivity contribution is 6.30. The zero-order valence-corrected chi connectivity index (χ0v) is 17.7. The van der Waals surface area contributed by atoms with Crippen LogP contribution in [0.5, 0.6) is 0 Å². The van der Waals surface area contributed by atoms with Crippen molar-refractivity contribution in [2.24, 2.45) is 11.3 Å². The Labute approximate surface area is 181 Å². The third kappa shape index (κ3) is 3.88. The van der Waals surface area contributed by atoms with E-state index in [2.05, 4.69) is 11.1 Å². The topological polar surface area (TPSA) is 30.0 Å². The molecule has 5 rings (SSSR count). The van der Waals surface area contributed by atoms with E-state index in [4.69, 9.17) is 11.6 Å². The zero-order chi connectivity index (χ0) is 20.7. The van der Waals surface area contributed by atoms with Crippen LogP contribution in [0.2, 0.25) is 5.02 Å². The van der Waals surface area contributed by atoms with Gasteiger partial charge in [0.05, 0.1) is 5.52 Å². The average Bonchev–Trinajstić information content (AvgIpc) is 3.40. The molecule has 1 atom stereocenters. The van der Waals surface area contributed by atoms with Gasteiger partial charge in [0.15, 0.2) is 0 Å². The third-order valence-electron chi connectivity index (χ3n) is 7.31. The van der Waals surface area contributed by atoms with Crippen LogP contribution >= 0.6 is 11.6 Å². The minimum absolute atomic E-state index is 0.203. The molecule has 2 aliphatic carbocycles. The summed E-state index contributed by atoms with van der Waals surface area (Å²) < 4.78 is 13.8. The molecule has 0 aliphatic heterocycles. The molecule has 2 aliphatic rings. The van der Waals surface area contributed by atoms with Gasteiger partial charge in [-0.1, -0.05) is 23.7 Å². The zero-order valence-electron chi connectivity index (χ0n) is 16.9. The van der Waals surface area contributed by atoms with E-state index in [1.54, 1.807) is 12.1 Å². The molecule has 30 heavy (non-hydrogen) atoms. The number of benzene rings is 2. The summed E-state index contributed by atoms with van der Waals surface area (Å²) in [5.74, 6) is 1.11. The lowest BCUT2D eigenvalue weighted by atomic mass is 9.75. The molecular formula is C26H25ClFNO. The molecule has 0 bridgehead atoms. The van der Waals surface area contributed by atoms with Crippen molar-refractivity contribution in [3.8, 4) is 0 Å². The molecule has 1 heterocycles. The first-order chi connectivity index (χ1) is 14.5. The number of ketones is 1. The SMILES string of the molecule is O=C(Cc1ccc(Cl)cc1)CC1CC12CCC(c1ccnc3ccc(F)cc13)CC2. The van der Waals surface area contributed by atoms with Crippen LogP contribution in [-0.4, -0.2) is 10.8 Å². The van der Waals surface area contributed by atoms with E-state index in [0.717, 1.165) is 42.1 Å². The Hall–Kier alpha value is -2.26. The Morgan fingerprint density at radius 3 is 2.63 bits per heavy atom. The van der Waals surface area contributed by atoms with Crippen molar-refractivity contribution < 1.29 is 9.18 Å². The second kappa shape index (κ2) is 7.77. The Morgan fingerprint density at radius 1 is 1.10 bits per heavy atom. The van der Waals surface area contributed by atoms with E-state index in [9.17, 15) is 9.18 Å². The van der Waals surface area contributed by atoms with Gasteiger partial charge >= 0.3 is 0 Å². The molecule has 2 nitrogen and oxygen atoms in total. The largest absolute Gasteiger partial charge is 0.299 e. The predicted octanol–water partition coefficient (Wildman–Crippen LogP) is 6.89. The highest BCUT2D eigenvalue weighted by Crippen LogP contribution is 2.64. The van der Waals surface area contributed by atoms with Crippen LogP contribution in [0.4, 0.5) is 4.39 Å². The molecule has 2 fully saturated rings. The van der Waals surface area contributed by atoms with Crippen molar-refractivity contribution in [3.05, 3.63) is 76.7 Å². The van der Waals surface area contributed by atoms with Gasteiger partial charge in [0, 0.05) is 29.4 Å². The monoisotopic (exact) mass is 421 g/mol. The van der Waals surface area contributed by atoms with Gasteiger partial charge in [0.1, 0.15) is 11.6 Å². The number of fused-ring (bicyclic) bond motifs is 1. The summed E-state index contributed by atoms with van der Waals surface area (Å²) >= 11 is 5.93. The lowest BCUT2D eigenvalue weighted by Gasteiger charge is -2.30. The number of nitrogens with zero attached hydrogens (tertiary/aromatic N) is 1. The van der Waals surface area contributed by atoms with E-state index < -0.39 is 0 Å². The van der Waals surface area contributed by atoms with E-state index in [1.807, 2.05) is 30.5 Å².